The lowest BCUT2D eigenvalue weighted by Gasteiger charge is -2.20. The summed E-state index contributed by atoms with van der Waals surface area (Å²) < 4.78 is 15.7. The van der Waals surface area contributed by atoms with Crippen molar-refractivity contribution in [3.05, 3.63) is 59.7 Å². The molecule has 0 saturated carbocycles. The lowest BCUT2D eigenvalue weighted by Crippen LogP contribution is -2.48. The van der Waals surface area contributed by atoms with E-state index in [4.69, 9.17) is 14.2 Å². The van der Waals surface area contributed by atoms with Crippen molar-refractivity contribution >= 4 is 18.0 Å². The Morgan fingerprint density at radius 1 is 1.24 bits per heavy atom. The maximum atomic E-state index is 12.7. The predicted molar refractivity (Wildman–Crippen MR) is 123 cm³/mol. The summed E-state index contributed by atoms with van der Waals surface area (Å²) in [6, 6.07) is 7.33. The molecule has 0 radical (unpaired) electrons. The Hall–Kier alpha value is -4.01. The van der Waals surface area contributed by atoms with Crippen LogP contribution in [0, 0.1) is 5.92 Å². The van der Waals surface area contributed by atoms with Gasteiger partial charge in [-0.25, -0.2) is 5.43 Å². The molecule has 0 bridgehead atoms. The van der Waals surface area contributed by atoms with Crippen molar-refractivity contribution in [3.63, 3.8) is 0 Å². The molecule has 174 valence electrons. The number of aromatic hydroxyl groups is 1. The van der Waals surface area contributed by atoms with Gasteiger partial charge in [-0.15, -0.1) is 6.58 Å². The van der Waals surface area contributed by atoms with Gasteiger partial charge in [-0.2, -0.15) is 5.10 Å². The summed E-state index contributed by atoms with van der Waals surface area (Å²) in [5, 5.41) is 16.9. The number of carbonyl (C=O) groups is 2. The summed E-state index contributed by atoms with van der Waals surface area (Å²) in [4.78, 5) is 25.4. The Morgan fingerprint density at radius 3 is 2.70 bits per heavy atom. The zero-order chi connectivity index (χ0) is 24.0. The maximum Gasteiger partial charge on any atom is 0.262 e. The third-order valence-electron chi connectivity index (χ3n) is 5.02. The Morgan fingerprint density at radius 2 is 2.00 bits per heavy atom. The van der Waals surface area contributed by atoms with Gasteiger partial charge < -0.3 is 24.6 Å². The molecule has 0 aromatic heterocycles. The number of methoxy groups -OCH3 is 1. The lowest BCUT2D eigenvalue weighted by molar-refractivity contribution is -0.123. The molecule has 0 spiro atoms. The largest absolute Gasteiger partial charge is 0.504 e. The lowest BCUT2D eigenvalue weighted by atomic mass is 10.0. The predicted octanol–water partition coefficient (Wildman–Crippen LogP) is 2.76. The van der Waals surface area contributed by atoms with E-state index in [9.17, 15) is 14.7 Å². The number of fused-ring (bicyclic) bond motifs is 1. The van der Waals surface area contributed by atoms with Crippen LogP contribution >= 0.6 is 0 Å². The second-order valence-corrected chi connectivity index (χ2v) is 7.72. The normalized spacial score (nSPS) is 13.1. The number of nitrogens with one attached hydrogen (secondary N) is 2. The van der Waals surface area contributed by atoms with E-state index in [0.717, 1.165) is 0 Å². The summed E-state index contributed by atoms with van der Waals surface area (Å²) in [6.45, 7) is 7.42. The quantitative estimate of drug-likeness (QED) is 0.305. The van der Waals surface area contributed by atoms with Gasteiger partial charge in [0.1, 0.15) is 6.04 Å². The second-order valence-electron chi connectivity index (χ2n) is 7.72. The highest BCUT2D eigenvalue weighted by molar-refractivity contribution is 5.98. The topological polar surface area (TPSA) is 118 Å². The highest BCUT2D eigenvalue weighted by atomic mass is 16.7. The van der Waals surface area contributed by atoms with Crippen LogP contribution in [0.1, 0.15) is 35.3 Å². The number of hydrogen-bond acceptors (Lipinski definition) is 7. The Kier molecular flexibility index (Phi) is 7.55. The Labute approximate surface area is 192 Å². The highest BCUT2D eigenvalue weighted by Gasteiger charge is 2.25. The zero-order valence-electron chi connectivity index (χ0n) is 18.8. The molecule has 1 heterocycles. The smallest absolute Gasteiger partial charge is 0.262 e. The van der Waals surface area contributed by atoms with Gasteiger partial charge in [0.25, 0.3) is 11.8 Å². The molecule has 0 fully saturated rings. The molecule has 33 heavy (non-hydrogen) atoms. The molecule has 0 saturated heterocycles. The summed E-state index contributed by atoms with van der Waals surface area (Å²) in [5.74, 6) is 0.309. The number of ether oxygens (including phenoxy) is 3. The fraction of sp³-hybridized carbons (Fsp3) is 0.292. The van der Waals surface area contributed by atoms with E-state index in [2.05, 4.69) is 22.4 Å². The molecule has 2 aromatic carbocycles. The van der Waals surface area contributed by atoms with Crippen molar-refractivity contribution in [3.8, 4) is 23.0 Å². The minimum Gasteiger partial charge on any atom is -0.504 e. The average Bonchev–Trinajstić information content (AvgIpc) is 3.27. The Balaban J connectivity index is 1.68. The summed E-state index contributed by atoms with van der Waals surface area (Å²) >= 11 is 0. The van der Waals surface area contributed by atoms with Crippen molar-refractivity contribution in [2.24, 2.45) is 11.0 Å². The molecule has 9 nitrogen and oxygen atoms in total. The number of carbonyl (C=O) groups excluding carboxylic acids is 2. The van der Waals surface area contributed by atoms with Gasteiger partial charge in [0.05, 0.1) is 13.3 Å². The highest BCUT2D eigenvalue weighted by Crippen LogP contribution is 2.33. The molecule has 1 atom stereocenters. The molecule has 2 aromatic rings. The zero-order valence-corrected chi connectivity index (χ0v) is 18.8. The van der Waals surface area contributed by atoms with E-state index in [1.165, 1.54) is 13.3 Å². The molecule has 3 rings (SSSR count). The fourth-order valence-electron chi connectivity index (χ4n) is 3.27. The second kappa shape index (κ2) is 10.5. The first-order valence-electron chi connectivity index (χ1n) is 10.4. The number of rotatable bonds is 9. The first-order chi connectivity index (χ1) is 15.8. The van der Waals surface area contributed by atoms with E-state index < -0.39 is 17.9 Å². The number of allylic oxidation sites excluding steroid dienone is 1. The van der Waals surface area contributed by atoms with Crippen molar-refractivity contribution in [2.75, 3.05) is 13.9 Å². The number of phenolic OH excluding ortho intramolecular Hbond substituents is 1. The molecule has 2 amide bonds. The maximum absolute atomic E-state index is 12.7. The van der Waals surface area contributed by atoms with Gasteiger partial charge in [0, 0.05) is 11.1 Å². The fourth-order valence-corrected chi connectivity index (χ4v) is 3.27. The van der Waals surface area contributed by atoms with Gasteiger partial charge in [0.15, 0.2) is 23.0 Å². The van der Waals surface area contributed by atoms with E-state index in [1.807, 2.05) is 13.8 Å². The van der Waals surface area contributed by atoms with Crippen LogP contribution in [-0.2, 0) is 11.2 Å². The minimum atomic E-state index is -0.814. The van der Waals surface area contributed by atoms with Crippen LogP contribution < -0.4 is 25.0 Å². The van der Waals surface area contributed by atoms with Crippen LogP contribution in [0.5, 0.6) is 23.0 Å². The van der Waals surface area contributed by atoms with E-state index in [1.54, 1.807) is 36.4 Å². The summed E-state index contributed by atoms with van der Waals surface area (Å²) in [7, 11) is 1.45. The third kappa shape index (κ3) is 5.62. The molecule has 9 heteroatoms. The molecule has 1 aliphatic heterocycles. The van der Waals surface area contributed by atoms with Crippen LogP contribution in [0.2, 0.25) is 0 Å². The number of amides is 2. The number of nitrogens with zero attached hydrogens (tertiary/aromatic N) is 1. The van der Waals surface area contributed by atoms with Crippen molar-refractivity contribution in [1.29, 1.82) is 0 Å². The Bertz CT molecular complexity index is 1080. The first-order valence-corrected chi connectivity index (χ1v) is 10.4. The summed E-state index contributed by atoms with van der Waals surface area (Å²) in [6.07, 6.45) is 3.54. The van der Waals surface area contributed by atoms with Crippen LogP contribution in [-0.4, -0.2) is 43.1 Å². The average molecular weight is 453 g/mol. The minimum absolute atomic E-state index is 0.0321. The van der Waals surface area contributed by atoms with Gasteiger partial charge in [-0.3, -0.25) is 9.59 Å². The number of hydrogen-bond donors (Lipinski definition) is 3. The summed E-state index contributed by atoms with van der Waals surface area (Å²) in [5.41, 5.74) is 4.05. The molecule has 0 aliphatic carbocycles. The van der Waals surface area contributed by atoms with Crippen LogP contribution in [0.4, 0.5) is 0 Å². The van der Waals surface area contributed by atoms with E-state index >= 15 is 0 Å². The molecule has 3 N–H and O–H groups in total. The van der Waals surface area contributed by atoms with Gasteiger partial charge >= 0.3 is 0 Å². The monoisotopic (exact) mass is 453 g/mol. The molecular formula is C24H27N3O6. The van der Waals surface area contributed by atoms with Crippen molar-refractivity contribution in [2.45, 2.75) is 26.3 Å². The number of phenols is 1. The van der Waals surface area contributed by atoms with Crippen LogP contribution in [0.25, 0.3) is 0 Å². The van der Waals surface area contributed by atoms with Gasteiger partial charge in [-0.05, 0) is 48.2 Å². The number of hydrazone groups is 1. The van der Waals surface area contributed by atoms with Crippen molar-refractivity contribution < 1.29 is 28.9 Å². The molecule has 1 aliphatic rings. The standard InChI is InChI=1S/C24H27N3O6/c1-5-6-16-9-15(10-20(31-4)22(16)28)12-25-27-24(30)21(14(2)3)26-23(29)17-7-8-18-19(11-17)33-13-32-18/h5,7-12,14,21,28H,1,6,13H2,2-4H3,(H,26,29)(H,27,30)/b25-12+/t21-/m1/s1. The SMILES string of the molecule is C=CCc1cc(/C=N/NC(=O)[C@H](NC(=O)c2ccc3c(c2)OCO3)C(C)C)cc(OC)c1O. The molecular weight excluding hydrogens is 426 g/mol. The number of benzene rings is 2. The van der Waals surface area contributed by atoms with Crippen molar-refractivity contribution in [1.82, 2.24) is 10.7 Å². The third-order valence-corrected chi connectivity index (χ3v) is 5.02. The van der Waals surface area contributed by atoms with Gasteiger partial charge in [-0.1, -0.05) is 19.9 Å². The molecule has 0 unspecified atom stereocenters. The van der Waals surface area contributed by atoms with E-state index in [-0.39, 0.29) is 24.2 Å². The first kappa shape index (κ1) is 23.6. The van der Waals surface area contributed by atoms with E-state index in [0.29, 0.717) is 34.6 Å². The van der Waals surface area contributed by atoms with Gasteiger partial charge in [0.2, 0.25) is 6.79 Å². The van der Waals surface area contributed by atoms with Crippen LogP contribution in [0.15, 0.2) is 48.1 Å². The van der Waals surface area contributed by atoms with Crippen LogP contribution in [0.3, 0.4) is 0 Å².